The largest absolute Gasteiger partial charge is 0.317 e. The first-order valence-electron chi connectivity index (χ1n) is 11.8. The second-order valence-electron chi connectivity index (χ2n) is 8.73. The molecule has 2 heterocycles. The zero-order valence-electron chi connectivity index (χ0n) is 18.7. The second kappa shape index (κ2) is 10.9. The topological polar surface area (TPSA) is 15.3 Å². The SMILES string of the molecule is CC.CC1C=CC=C(C(C2=CC=CCC=C2)N2CCCC3(CCNCC3)C2)C=C1. The van der Waals surface area contributed by atoms with Crippen LogP contribution in [0.25, 0.3) is 0 Å². The molecule has 1 spiro atoms. The standard InChI is InChI=1S/C25H34N2.C2H6/c1-21-8-6-11-23(13-12-21)24(22-9-4-2-3-5-10-22)27-19-7-14-25(20-27)15-17-26-18-16-25;1-2/h2,4-6,8-13,21,24,26H,3,7,14-20H2,1H3;1-2H3. The fraction of sp³-hybridized carbons (Fsp3) is 0.556. The second-order valence-corrected chi connectivity index (χ2v) is 8.73. The Morgan fingerprint density at radius 2 is 1.72 bits per heavy atom. The van der Waals surface area contributed by atoms with Crippen molar-refractivity contribution in [2.24, 2.45) is 11.3 Å². The minimum atomic E-state index is 0.363. The van der Waals surface area contributed by atoms with Gasteiger partial charge < -0.3 is 5.32 Å². The molecule has 0 amide bonds. The Kier molecular flexibility index (Phi) is 8.32. The third kappa shape index (κ3) is 5.71. The van der Waals surface area contributed by atoms with Crippen LogP contribution in [-0.2, 0) is 0 Å². The van der Waals surface area contributed by atoms with Crippen molar-refractivity contribution in [1.29, 1.82) is 0 Å². The van der Waals surface area contributed by atoms with E-state index < -0.39 is 0 Å². The molecule has 2 saturated heterocycles. The van der Waals surface area contributed by atoms with E-state index in [1.165, 1.54) is 63.0 Å². The summed E-state index contributed by atoms with van der Waals surface area (Å²) in [5.74, 6) is 0.509. The molecule has 0 aromatic heterocycles. The van der Waals surface area contributed by atoms with Crippen molar-refractivity contribution in [2.45, 2.75) is 58.9 Å². The Bertz CT molecular complexity index is 693. The Morgan fingerprint density at radius 1 is 0.966 bits per heavy atom. The molecule has 29 heavy (non-hydrogen) atoms. The van der Waals surface area contributed by atoms with Crippen molar-refractivity contribution >= 4 is 0 Å². The van der Waals surface area contributed by atoms with E-state index in [4.69, 9.17) is 0 Å². The predicted octanol–water partition coefficient (Wildman–Crippen LogP) is 5.98. The van der Waals surface area contributed by atoms with E-state index in [2.05, 4.69) is 77.9 Å². The summed E-state index contributed by atoms with van der Waals surface area (Å²) in [5.41, 5.74) is 3.39. The van der Waals surface area contributed by atoms with E-state index in [-0.39, 0.29) is 0 Å². The Balaban J connectivity index is 0.00000117. The highest BCUT2D eigenvalue weighted by molar-refractivity contribution is 5.44. The highest BCUT2D eigenvalue weighted by Crippen LogP contribution is 2.40. The molecule has 2 unspecified atom stereocenters. The number of rotatable bonds is 3. The number of hydrogen-bond acceptors (Lipinski definition) is 2. The van der Waals surface area contributed by atoms with Crippen LogP contribution in [0, 0.1) is 11.3 Å². The van der Waals surface area contributed by atoms with Crippen LogP contribution < -0.4 is 5.32 Å². The normalized spacial score (nSPS) is 27.3. The van der Waals surface area contributed by atoms with Crippen molar-refractivity contribution in [3.8, 4) is 0 Å². The van der Waals surface area contributed by atoms with Gasteiger partial charge in [-0.2, -0.15) is 0 Å². The summed E-state index contributed by atoms with van der Waals surface area (Å²) in [4.78, 5) is 2.78. The molecule has 4 aliphatic rings. The summed E-state index contributed by atoms with van der Waals surface area (Å²) < 4.78 is 0. The Labute approximate surface area is 178 Å². The lowest BCUT2D eigenvalue weighted by atomic mass is 9.72. The zero-order chi connectivity index (χ0) is 20.5. The molecule has 2 nitrogen and oxygen atoms in total. The highest BCUT2D eigenvalue weighted by Gasteiger charge is 2.39. The molecule has 158 valence electrons. The van der Waals surface area contributed by atoms with Crippen molar-refractivity contribution < 1.29 is 0 Å². The van der Waals surface area contributed by atoms with Gasteiger partial charge in [-0.15, -0.1) is 0 Å². The first-order valence-corrected chi connectivity index (χ1v) is 11.8. The summed E-state index contributed by atoms with van der Waals surface area (Å²) in [5, 5.41) is 3.57. The van der Waals surface area contributed by atoms with Crippen molar-refractivity contribution in [1.82, 2.24) is 10.2 Å². The van der Waals surface area contributed by atoms with Gasteiger partial charge in [0.25, 0.3) is 0 Å². The molecule has 0 saturated carbocycles. The summed E-state index contributed by atoms with van der Waals surface area (Å²) in [7, 11) is 0. The molecule has 0 bridgehead atoms. The van der Waals surface area contributed by atoms with Gasteiger partial charge in [0.1, 0.15) is 0 Å². The quantitative estimate of drug-likeness (QED) is 0.636. The average Bonchev–Trinajstić information content (AvgIpc) is 3.14. The molecule has 1 N–H and O–H groups in total. The van der Waals surface area contributed by atoms with Crippen LogP contribution in [0.2, 0.25) is 0 Å². The number of nitrogens with one attached hydrogen (secondary N) is 1. The van der Waals surface area contributed by atoms with E-state index in [0.29, 0.717) is 17.4 Å². The third-order valence-electron chi connectivity index (χ3n) is 6.65. The van der Waals surface area contributed by atoms with E-state index in [1.807, 2.05) is 13.8 Å². The third-order valence-corrected chi connectivity index (χ3v) is 6.65. The monoisotopic (exact) mass is 392 g/mol. The summed E-state index contributed by atoms with van der Waals surface area (Å²) in [6.07, 6.45) is 29.6. The van der Waals surface area contributed by atoms with Gasteiger partial charge in [-0.3, -0.25) is 4.90 Å². The fourth-order valence-corrected chi connectivity index (χ4v) is 5.13. The van der Waals surface area contributed by atoms with Gasteiger partial charge in [0.2, 0.25) is 0 Å². The van der Waals surface area contributed by atoms with Gasteiger partial charge in [0.15, 0.2) is 0 Å². The van der Waals surface area contributed by atoms with Gasteiger partial charge in [0, 0.05) is 6.54 Å². The van der Waals surface area contributed by atoms with E-state index in [9.17, 15) is 0 Å². The smallest absolute Gasteiger partial charge is 0.0601 e. The summed E-state index contributed by atoms with van der Waals surface area (Å²) in [6, 6.07) is 0.363. The van der Waals surface area contributed by atoms with E-state index in [0.717, 1.165) is 6.42 Å². The molecule has 2 fully saturated rings. The molecule has 2 atom stereocenters. The lowest BCUT2D eigenvalue weighted by Gasteiger charge is -2.48. The maximum absolute atomic E-state index is 3.57. The first kappa shape index (κ1) is 22.1. The minimum absolute atomic E-state index is 0.363. The molecular weight excluding hydrogens is 352 g/mol. The van der Waals surface area contributed by atoms with Crippen LogP contribution in [0.1, 0.15) is 52.9 Å². The van der Waals surface area contributed by atoms with Gasteiger partial charge in [0.05, 0.1) is 6.04 Å². The number of nitrogens with zero attached hydrogens (tertiary/aromatic N) is 1. The van der Waals surface area contributed by atoms with Crippen LogP contribution >= 0.6 is 0 Å². The molecular formula is C27H40N2. The predicted molar refractivity (Wildman–Crippen MR) is 127 cm³/mol. The molecule has 4 rings (SSSR count). The van der Waals surface area contributed by atoms with Crippen LogP contribution in [0.15, 0.2) is 71.9 Å². The number of allylic oxidation sites excluding steroid dienone is 8. The highest BCUT2D eigenvalue weighted by atomic mass is 15.2. The summed E-state index contributed by atoms with van der Waals surface area (Å²) >= 11 is 0. The molecule has 0 aromatic rings. The minimum Gasteiger partial charge on any atom is -0.317 e. The summed E-state index contributed by atoms with van der Waals surface area (Å²) in [6.45, 7) is 11.1. The number of likely N-dealkylation sites (tertiary alicyclic amines) is 1. The lowest BCUT2D eigenvalue weighted by Crippen LogP contribution is -2.52. The number of hydrogen-bond donors (Lipinski definition) is 1. The van der Waals surface area contributed by atoms with E-state index >= 15 is 0 Å². The van der Waals surface area contributed by atoms with Crippen LogP contribution in [-0.4, -0.2) is 37.1 Å². The van der Waals surface area contributed by atoms with Crippen molar-refractivity contribution in [3.05, 3.63) is 71.9 Å². The molecule has 2 aliphatic carbocycles. The van der Waals surface area contributed by atoms with Crippen molar-refractivity contribution in [2.75, 3.05) is 26.2 Å². The zero-order valence-corrected chi connectivity index (χ0v) is 18.7. The lowest BCUT2D eigenvalue weighted by molar-refractivity contribution is 0.0505. The van der Waals surface area contributed by atoms with E-state index in [1.54, 1.807) is 0 Å². The molecule has 0 radical (unpaired) electrons. The van der Waals surface area contributed by atoms with Gasteiger partial charge in [-0.05, 0) is 74.2 Å². The number of piperidine rings is 2. The van der Waals surface area contributed by atoms with Gasteiger partial charge >= 0.3 is 0 Å². The maximum atomic E-state index is 3.57. The van der Waals surface area contributed by atoms with Gasteiger partial charge in [-0.1, -0.05) is 81.5 Å². The van der Waals surface area contributed by atoms with Crippen LogP contribution in [0.4, 0.5) is 0 Å². The molecule has 0 aromatic carbocycles. The van der Waals surface area contributed by atoms with Crippen LogP contribution in [0.3, 0.4) is 0 Å². The average molecular weight is 393 g/mol. The van der Waals surface area contributed by atoms with Crippen LogP contribution in [0.5, 0.6) is 0 Å². The van der Waals surface area contributed by atoms with Gasteiger partial charge in [-0.25, -0.2) is 0 Å². The molecule has 2 aliphatic heterocycles. The Morgan fingerprint density at radius 3 is 2.55 bits per heavy atom. The maximum Gasteiger partial charge on any atom is 0.0601 e. The molecule has 2 heteroatoms. The first-order chi connectivity index (χ1) is 14.3. The fourth-order valence-electron chi connectivity index (χ4n) is 5.13. The Hall–Kier alpha value is -1.64. The van der Waals surface area contributed by atoms with Crippen molar-refractivity contribution in [3.63, 3.8) is 0 Å².